The lowest BCUT2D eigenvalue weighted by Gasteiger charge is -2.08. The molecule has 150 valence electrons. The van der Waals surface area contributed by atoms with E-state index in [0.717, 1.165) is 48.9 Å². The van der Waals surface area contributed by atoms with Crippen LogP contribution in [0.4, 0.5) is 5.82 Å². The molecule has 0 spiro atoms. The molecule has 3 N–H and O–H groups in total. The summed E-state index contributed by atoms with van der Waals surface area (Å²) in [7, 11) is -3.23. The molecule has 2 aromatic carbocycles. The van der Waals surface area contributed by atoms with Crippen molar-refractivity contribution in [3.05, 3.63) is 65.8 Å². The largest absolute Gasteiger partial charge is 0.383 e. The number of H-pyrrole nitrogens is 1. The number of nitrogen functional groups attached to an aromatic ring is 1. The van der Waals surface area contributed by atoms with Crippen LogP contribution in [0.3, 0.4) is 0 Å². The maximum Gasteiger partial charge on any atom is 0.175 e. The molecule has 0 unspecified atom stereocenters. The predicted molar refractivity (Wildman–Crippen MR) is 125 cm³/mol. The first-order valence-electron chi connectivity index (χ1n) is 9.37. The number of fused-ring (bicyclic) bond motifs is 2. The number of nitrogens with two attached hydrogens (primary N) is 1. The van der Waals surface area contributed by atoms with E-state index < -0.39 is 9.84 Å². The number of hydrogen-bond donors (Lipinski definition) is 2. The van der Waals surface area contributed by atoms with E-state index in [4.69, 9.17) is 5.73 Å². The fourth-order valence-corrected chi connectivity index (χ4v) is 5.56. The second kappa shape index (κ2) is 6.68. The van der Waals surface area contributed by atoms with Crippen LogP contribution < -0.4 is 5.73 Å². The molecular formula is C23H19N3O2S2. The number of aromatic nitrogens is 2. The molecule has 5 rings (SSSR count). The molecule has 5 aromatic rings. The minimum absolute atomic E-state index is 0.299. The maximum atomic E-state index is 11.8. The Kier molecular flexibility index (Phi) is 4.20. The van der Waals surface area contributed by atoms with Crippen molar-refractivity contribution < 1.29 is 8.42 Å². The molecular weight excluding hydrogens is 414 g/mol. The summed E-state index contributed by atoms with van der Waals surface area (Å²) in [6, 6.07) is 15.4. The SMILES string of the molecule is Cc1cc2cc(-c3csc4c(-c5ccc(S(C)(=O)=O)cc5)cnc(N)c34)ccc2[nH]1. The number of aromatic amines is 1. The third-order valence-corrected chi connectivity index (χ3v) is 7.43. The second-order valence-electron chi connectivity index (χ2n) is 7.46. The van der Waals surface area contributed by atoms with Gasteiger partial charge in [-0.25, -0.2) is 13.4 Å². The van der Waals surface area contributed by atoms with Gasteiger partial charge >= 0.3 is 0 Å². The van der Waals surface area contributed by atoms with E-state index in [1.807, 2.05) is 19.1 Å². The van der Waals surface area contributed by atoms with E-state index in [-0.39, 0.29) is 0 Å². The number of aryl methyl sites for hydroxylation is 1. The van der Waals surface area contributed by atoms with Crippen molar-refractivity contribution in [3.8, 4) is 22.3 Å². The second-order valence-corrected chi connectivity index (χ2v) is 10.4. The van der Waals surface area contributed by atoms with Crippen molar-refractivity contribution in [2.24, 2.45) is 0 Å². The fraction of sp³-hybridized carbons (Fsp3) is 0.0870. The third kappa shape index (κ3) is 3.07. The van der Waals surface area contributed by atoms with Crippen molar-refractivity contribution >= 4 is 48.0 Å². The molecule has 0 fully saturated rings. The molecule has 0 aliphatic heterocycles. The van der Waals surface area contributed by atoms with Crippen molar-refractivity contribution in [1.82, 2.24) is 9.97 Å². The van der Waals surface area contributed by atoms with E-state index in [9.17, 15) is 8.42 Å². The number of nitrogens with one attached hydrogen (secondary N) is 1. The standard InChI is InChI=1S/C23H19N3O2S2/c1-13-9-16-10-15(5-8-20(16)26-13)19-12-29-22-18(11-25-23(24)21(19)22)14-3-6-17(7-4-14)30(2,27)28/h3-12,26H,1-2H3,(H2,24,25). The Bertz CT molecular complexity index is 1530. The predicted octanol–water partition coefficient (Wildman–Crippen LogP) is 5.41. The van der Waals surface area contributed by atoms with Crippen molar-refractivity contribution in [2.75, 3.05) is 12.0 Å². The zero-order valence-corrected chi connectivity index (χ0v) is 18.1. The van der Waals surface area contributed by atoms with Gasteiger partial charge in [-0.1, -0.05) is 18.2 Å². The van der Waals surface area contributed by atoms with E-state index in [1.165, 1.54) is 6.26 Å². The molecule has 0 bridgehead atoms. The normalized spacial score (nSPS) is 12.1. The van der Waals surface area contributed by atoms with Gasteiger partial charge in [0.05, 0.1) is 4.90 Å². The molecule has 0 radical (unpaired) electrons. The van der Waals surface area contributed by atoms with Gasteiger partial charge < -0.3 is 10.7 Å². The van der Waals surface area contributed by atoms with Crippen LogP contribution in [0.15, 0.2) is 65.0 Å². The van der Waals surface area contributed by atoms with Gasteiger partial charge in [-0.3, -0.25) is 0 Å². The highest BCUT2D eigenvalue weighted by Gasteiger charge is 2.16. The smallest absolute Gasteiger partial charge is 0.175 e. The highest BCUT2D eigenvalue weighted by molar-refractivity contribution is 7.90. The Balaban J connectivity index is 1.68. The van der Waals surface area contributed by atoms with Gasteiger partial charge in [-0.05, 0) is 53.8 Å². The number of hydrogen-bond acceptors (Lipinski definition) is 5. The van der Waals surface area contributed by atoms with Gasteiger partial charge in [0.15, 0.2) is 9.84 Å². The van der Waals surface area contributed by atoms with Crippen molar-refractivity contribution in [1.29, 1.82) is 0 Å². The van der Waals surface area contributed by atoms with Crippen LogP contribution in [-0.4, -0.2) is 24.6 Å². The molecule has 0 saturated carbocycles. The number of anilines is 1. The van der Waals surface area contributed by atoms with Gasteiger partial charge in [-0.2, -0.15) is 0 Å². The summed E-state index contributed by atoms with van der Waals surface area (Å²) in [5.41, 5.74) is 12.5. The Hall–Kier alpha value is -3.16. The molecule has 3 heterocycles. The summed E-state index contributed by atoms with van der Waals surface area (Å²) in [5.74, 6) is 0.489. The van der Waals surface area contributed by atoms with Gasteiger partial charge in [0.2, 0.25) is 0 Å². The average Bonchev–Trinajstić information content (AvgIpc) is 3.30. The van der Waals surface area contributed by atoms with Crippen LogP contribution in [0.5, 0.6) is 0 Å². The highest BCUT2D eigenvalue weighted by atomic mass is 32.2. The van der Waals surface area contributed by atoms with E-state index in [1.54, 1.807) is 29.7 Å². The van der Waals surface area contributed by atoms with Crippen molar-refractivity contribution in [2.45, 2.75) is 11.8 Å². The summed E-state index contributed by atoms with van der Waals surface area (Å²) < 4.78 is 24.6. The third-order valence-electron chi connectivity index (χ3n) is 5.28. The first kappa shape index (κ1) is 18.8. The van der Waals surface area contributed by atoms with Crippen LogP contribution in [0.1, 0.15) is 5.69 Å². The first-order valence-corrected chi connectivity index (χ1v) is 12.1. The molecule has 5 nitrogen and oxygen atoms in total. The number of sulfone groups is 1. The lowest BCUT2D eigenvalue weighted by Crippen LogP contribution is -1.96. The minimum Gasteiger partial charge on any atom is -0.383 e. The lowest BCUT2D eigenvalue weighted by molar-refractivity contribution is 0.602. The lowest BCUT2D eigenvalue weighted by atomic mass is 10.0. The van der Waals surface area contributed by atoms with Crippen LogP contribution in [0.25, 0.3) is 43.2 Å². The summed E-state index contributed by atoms with van der Waals surface area (Å²) in [6.45, 7) is 2.04. The Morgan fingerprint density at radius 1 is 1.00 bits per heavy atom. The van der Waals surface area contributed by atoms with Gasteiger partial charge in [0.25, 0.3) is 0 Å². The summed E-state index contributed by atoms with van der Waals surface area (Å²) in [6.07, 6.45) is 2.96. The quantitative estimate of drug-likeness (QED) is 0.398. The monoisotopic (exact) mass is 433 g/mol. The molecule has 30 heavy (non-hydrogen) atoms. The van der Waals surface area contributed by atoms with Crippen LogP contribution in [-0.2, 0) is 9.84 Å². The topological polar surface area (TPSA) is 88.8 Å². The van der Waals surface area contributed by atoms with Crippen molar-refractivity contribution in [3.63, 3.8) is 0 Å². The molecule has 0 saturated heterocycles. The molecule has 0 atom stereocenters. The molecule has 7 heteroatoms. The zero-order chi connectivity index (χ0) is 21.0. The van der Waals surface area contributed by atoms with Gasteiger partial charge in [0, 0.05) is 50.3 Å². The summed E-state index contributed by atoms with van der Waals surface area (Å²) >= 11 is 1.62. The molecule has 0 amide bonds. The Labute approximate surface area is 178 Å². The number of rotatable bonds is 3. The van der Waals surface area contributed by atoms with Gasteiger partial charge in [0.1, 0.15) is 5.82 Å². The summed E-state index contributed by atoms with van der Waals surface area (Å²) in [5, 5.41) is 4.19. The minimum atomic E-state index is -3.23. The molecule has 3 aromatic heterocycles. The molecule has 0 aliphatic carbocycles. The first-order chi connectivity index (χ1) is 14.3. The van der Waals surface area contributed by atoms with Crippen LogP contribution >= 0.6 is 11.3 Å². The van der Waals surface area contributed by atoms with Crippen LogP contribution in [0, 0.1) is 6.92 Å². The maximum absolute atomic E-state index is 11.8. The Morgan fingerprint density at radius 3 is 2.47 bits per heavy atom. The number of pyridine rings is 1. The Morgan fingerprint density at radius 2 is 1.73 bits per heavy atom. The number of benzene rings is 2. The van der Waals surface area contributed by atoms with E-state index >= 15 is 0 Å². The highest BCUT2D eigenvalue weighted by Crippen LogP contribution is 2.42. The van der Waals surface area contributed by atoms with E-state index in [0.29, 0.717) is 10.7 Å². The van der Waals surface area contributed by atoms with Crippen LogP contribution in [0.2, 0.25) is 0 Å². The van der Waals surface area contributed by atoms with Gasteiger partial charge in [-0.15, -0.1) is 11.3 Å². The molecule has 0 aliphatic rings. The average molecular weight is 434 g/mol. The zero-order valence-electron chi connectivity index (χ0n) is 16.4. The summed E-state index contributed by atoms with van der Waals surface area (Å²) in [4.78, 5) is 8.09. The number of nitrogens with zero attached hydrogens (tertiary/aromatic N) is 1. The fourth-order valence-electron chi connectivity index (χ4n) is 3.81. The number of thiophene rings is 1. The van der Waals surface area contributed by atoms with E-state index in [2.05, 4.69) is 39.6 Å².